The Hall–Kier alpha value is -7.69. The van der Waals surface area contributed by atoms with E-state index in [9.17, 15) is 15.1 Å². The van der Waals surface area contributed by atoms with Crippen LogP contribution in [0.25, 0.3) is 88.6 Å². The summed E-state index contributed by atoms with van der Waals surface area (Å²) >= 11 is 0. The summed E-state index contributed by atoms with van der Waals surface area (Å²) in [6, 6.07) is -37.8. The number of fused-ring (bicyclic) bond motifs is 6. The minimum atomic E-state index is -1.43. The Balaban J connectivity index is 1.50. The van der Waals surface area contributed by atoms with E-state index >= 15 is 0 Å². The lowest BCUT2D eigenvalue weighted by Gasteiger charge is -2.29. The number of rotatable bonds is 7. The Labute approximate surface area is 377 Å². The lowest BCUT2D eigenvalue weighted by Crippen LogP contribution is -2.12. The summed E-state index contributed by atoms with van der Waals surface area (Å²) in [7, 11) is 0. The van der Waals surface area contributed by atoms with Gasteiger partial charge in [0, 0.05) is 27.5 Å². The molecule has 0 N–H and O–H groups in total. The molecule has 0 spiro atoms. The fourth-order valence-corrected chi connectivity index (χ4v) is 6.02. The molecule has 0 atom stereocenters. The summed E-state index contributed by atoms with van der Waals surface area (Å²) in [4.78, 5) is 4.68. The number of nitrogens with zero attached hydrogens (tertiary/aromatic N) is 2. The molecule has 268 valence electrons. The molecular formula is C53H34N2O2. The number of aromatic nitrogens is 1. The highest BCUT2D eigenvalue weighted by Gasteiger charge is 2.27. The van der Waals surface area contributed by atoms with E-state index < -0.39 is 311 Å². The van der Waals surface area contributed by atoms with Crippen LogP contribution in [0, 0.1) is 0 Å². The molecule has 2 heterocycles. The van der Waals surface area contributed by atoms with Crippen molar-refractivity contribution >= 4 is 60.9 Å². The highest BCUT2D eigenvalue weighted by Crippen LogP contribution is 2.49. The van der Waals surface area contributed by atoms with Crippen LogP contribution in [0.2, 0.25) is 0 Å². The number of oxazole rings is 1. The first-order valence-electron chi connectivity index (χ1n) is 33.4. The van der Waals surface area contributed by atoms with E-state index in [1.54, 1.807) is 0 Å². The summed E-state index contributed by atoms with van der Waals surface area (Å²) in [6.07, 6.45) is 0. The minimum absolute atomic E-state index is 0.282. The molecular weight excluding hydrogens is 697 g/mol. The van der Waals surface area contributed by atoms with Gasteiger partial charge in [0.1, 0.15) is 16.7 Å². The fraction of sp³-hybridized carbons (Fsp3) is 0. The van der Waals surface area contributed by atoms with Gasteiger partial charge in [-0.1, -0.05) is 145 Å². The van der Waals surface area contributed by atoms with Gasteiger partial charge >= 0.3 is 0 Å². The van der Waals surface area contributed by atoms with Crippen LogP contribution in [0.3, 0.4) is 0 Å². The van der Waals surface area contributed by atoms with E-state index in [0.717, 1.165) is 0 Å². The van der Waals surface area contributed by atoms with Crippen molar-refractivity contribution in [1.82, 2.24) is 4.98 Å². The summed E-state index contributed by atoms with van der Waals surface area (Å²) in [5.41, 5.74) is -14.5. The van der Waals surface area contributed by atoms with Crippen molar-refractivity contribution < 1.29 is 55.4 Å². The topological polar surface area (TPSA) is 42.4 Å². The summed E-state index contributed by atoms with van der Waals surface area (Å²) in [6.45, 7) is 0. The molecule has 0 fully saturated rings. The van der Waals surface area contributed by atoms with E-state index in [1.807, 2.05) is 0 Å². The zero-order valence-corrected chi connectivity index (χ0v) is 28.2. The Morgan fingerprint density at radius 3 is 1.72 bits per heavy atom. The maximum Gasteiger partial charge on any atom is 0.230 e. The van der Waals surface area contributed by atoms with Crippen LogP contribution in [0.5, 0.6) is 0 Å². The van der Waals surface area contributed by atoms with Gasteiger partial charge in [-0.3, -0.25) is 0 Å². The van der Waals surface area contributed by atoms with Gasteiger partial charge in [-0.05, 0) is 99.2 Å². The predicted molar refractivity (Wildman–Crippen MR) is 235 cm³/mol. The molecule has 11 aromatic rings. The number of hydrogen-bond donors (Lipinski definition) is 0. The average molecular weight is 765 g/mol. The monoisotopic (exact) mass is 764 g/mol. The first kappa shape index (κ1) is 13.2. The molecule has 0 aliphatic carbocycles. The van der Waals surface area contributed by atoms with Crippen molar-refractivity contribution in [2.24, 2.45) is 0 Å². The number of benzene rings is 9. The molecule has 0 saturated carbocycles. The molecule has 0 unspecified atom stereocenters. The molecule has 0 amide bonds. The second-order valence-electron chi connectivity index (χ2n) is 11.7. The Kier molecular flexibility index (Phi) is 3.14. The summed E-state index contributed by atoms with van der Waals surface area (Å²) < 4.78 is 322. The lowest BCUT2D eigenvalue weighted by atomic mass is 9.96. The fourth-order valence-electron chi connectivity index (χ4n) is 6.02. The normalized spacial score (nSPS) is 19.9. The standard InChI is InChI=1S/C53H34N2O2/c1-4-14-35(15-5-1)38-24-27-42(28-25-38)55(43-33-40(36-16-6-2-7-17-36)32-41(34-43)37-18-8-3-9-19-37)47-30-31-49-50(51(47)53-54-46-22-12-13-23-48(46)57-53)45-29-26-39-20-10-11-21-44(39)52(45)56-49/h1-34H/i1D,2D,3D,4D,5D,6D,7D,8D,9D,10D,11D,12D,13D,14D,15D,16D,17D,18D,19D,20D,21D,22D,23D,24D,25D,26D,27D,28D,29D,30D,31D,32D,33D,34D. The zero-order valence-electron chi connectivity index (χ0n) is 62.2. The second-order valence-corrected chi connectivity index (χ2v) is 11.7. The van der Waals surface area contributed by atoms with Crippen LogP contribution in [-0.2, 0) is 0 Å². The average Bonchev–Trinajstić information content (AvgIpc) is 1.65. The van der Waals surface area contributed by atoms with Gasteiger partial charge < -0.3 is 13.7 Å². The van der Waals surface area contributed by atoms with Crippen LogP contribution in [0.1, 0.15) is 46.6 Å². The van der Waals surface area contributed by atoms with Crippen molar-refractivity contribution in [2.75, 3.05) is 4.90 Å². The molecule has 0 aliphatic heterocycles. The van der Waals surface area contributed by atoms with Crippen molar-refractivity contribution in [3.8, 4) is 44.8 Å². The Morgan fingerprint density at radius 1 is 0.421 bits per heavy atom. The zero-order chi connectivity index (χ0) is 67.3. The van der Waals surface area contributed by atoms with Crippen LogP contribution < -0.4 is 4.90 Å². The molecule has 0 radical (unpaired) electrons. The van der Waals surface area contributed by atoms with E-state index in [1.165, 1.54) is 0 Å². The van der Waals surface area contributed by atoms with Crippen molar-refractivity contribution in [1.29, 1.82) is 0 Å². The van der Waals surface area contributed by atoms with E-state index in [4.69, 9.17) is 40.4 Å². The number of anilines is 3. The number of furan rings is 1. The van der Waals surface area contributed by atoms with Gasteiger partial charge in [0.15, 0.2) is 5.58 Å². The maximum atomic E-state index is 10.3. The van der Waals surface area contributed by atoms with Crippen LogP contribution in [-0.4, -0.2) is 4.98 Å². The Bertz CT molecular complexity index is 4990. The second kappa shape index (κ2) is 13.6. The first-order chi connectivity index (χ1) is 42.4. The van der Waals surface area contributed by atoms with Gasteiger partial charge in [-0.15, -0.1) is 0 Å². The SMILES string of the molecule is [2H]c1c([2H])c([2H])c(-c2c([2H])c([2H])c(N(c3c([2H])c(-c4c([2H])c([2H])c([2H])c([2H])c4[2H])c([2H])c(-c4c([2H])c([2H])c([2H])c([2H])c4[2H])c3[2H])c3c([2H])c([2H])c4oc5c6c([2H])c([2H])c([2H])c([2H])c6c([2H])c([2H])c5c4c3-c3nc4c([2H])c([2H])c([2H])c([2H])c4o3)c([2H])c2[2H])c([2H])c1[2H]. The predicted octanol–water partition coefficient (Wildman–Crippen LogP) is 15.0. The van der Waals surface area contributed by atoms with E-state index in [0.29, 0.717) is 0 Å². The third kappa shape index (κ3) is 5.74. The summed E-state index contributed by atoms with van der Waals surface area (Å²) in [5.74, 6) is -1.05. The molecule has 4 nitrogen and oxygen atoms in total. The van der Waals surface area contributed by atoms with Gasteiger partial charge in [-0.2, -0.15) is 0 Å². The Morgan fingerprint density at radius 2 is 1.02 bits per heavy atom. The molecule has 0 bridgehead atoms. The van der Waals surface area contributed by atoms with Crippen molar-refractivity contribution in [2.45, 2.75) is 0 Å². The highest BCUT2D eigenvalue weighted by molar-refractivity contribution is 6.21. The third-order valence-corrected chi connectivity index (χ3v) is 8.45. The smallest absolute Gasteiger partial charge is 0.230 e. The van der Waals surface area contributed by atoms with Crippen molar-refractivity contribution in [3.05, 3.63) is 205 Å². The largest absolute Gasteiger partial charge is 0.455 e. The summed E-state index contributed by atoms with van der Waals surface area (Å²) in [5, 5.41) is -2.75. The van der Waals surface area contributed by atoms with Crippen LogP contribution >= 0.6 is 0 Å². The quantitative estimate of drug-likeness (QED) is 0.162. The molecule has 9 aromatic carbocycles. The maximum absolute atomic E-state index is 10.3. The number of hydrogen-bond acceptors (Lipinski definition) is 4. The first-order valence-corrected chi connectivity index (χ1v) is 16.4. The minimum Gasteiger partial charge on any atom is -0.455 e. The molecule has 11 rings (SSSR count). The molecule has 57 heavy (non-hydrogen) atoms. The number of para-hydroxylation sites is 2. The highest BCUT2D eigenvalue weighted by atomic mass is 16.3. The van der Waals surface area contributed by atoms with E-state index in [-0.39, 0.29) is 4.90 Å². The van der Waals surface area contributed by atoms with Gasteiger partial charge in [0.2, 0.25) is 5.89 Å². The van der Waals surface area contributed by atoms with E-state index in [2.05, 4.69) is 4.98 Å². The van der Waals surface area contributed by atoms with Gasteiger partial charge in [0.25, 0.3) is 0 Å². The van der Waals surface area contributed by atoms with Gasteiger partial charge in [0.05, 0.1) is 57.9 Å². The molecule has 4 heteroatoms. The third-order valence-electron chi connectivity index (χ3n) is 8.45. The molecule has 2 aromatic heterocycles. The van der Waals surface area contributed by atoms with Crippen LogP contribution in [0.15, 0.2) is 214 Å². The van der Waals surface area contributed by atoms with Gasteiger partial charge in [-0.25, -0.2) is 4.98 Å². The lowest BCUT2D eigenvalue weighted by molar-refractivity contribution is 0.620. The van der Waals surface area contributed by atoms with Crippen LogP contribution in [0.4, 0.5) is 17.1 Å². The molecule has 0 aliphatic rings. The molecule has 0 saturated heterocycles. The van der Waals surface area contributed by atoms with Crippen molar-refractivity contribution in [3.63, 3.8) is 0 Å².